The van der Waals surface area contributed by atoms with Gasteiger partial charge in [0, 0.05) is 52.3 Å². The Morgan fingerprint density at radius 1 is 0.773 bits per heavy atom. The van der Waals surface area contributed by atoms with Crippen LogP contribution in [0.5, 0.6) is 11.5 Å². The van der Waals surface area contributed by atoms with E-state index in [1.54, 1.807) is 38.3 Å². The average Bonchev–Trinajstić information content (AvgIpc) is 4.18. The molecule has 3 aromatic rings. The van der Waals surface area contributed by atoms with Crippen molar-refractivity contribution in [2.24, 2.45) is 5.92 Å². The normalized spacial score (nSPS) is 17.7. The zero-order valence-corrected chi connectivity index (χ0v) is 48.9. The highest BCUT2D eigenvalue weighted by molar-refractivity contribution is 5.85. The van der Waals surface area contributed by atoms with Gasteiger partial charge < -0.3 is 60.3 Å². The molecule has 3 heterocycles. The summed E-state index contributed by atoms with van der Waals surface area (Å²) in [7, 11) is 12.4. The molecule has 0 bridgehead atoms. The Morgan fingerprint density at radius 2 is 1.21 bits per heavy atom. The van der Waals surface area contributed by atoms with E-state index in [0.717, 1.165) is 54.9 Å². The Balaban J connectivity index is 0. The monoisotopic (exact) mass is 1050 g/mol. The number of anilines is 3. The number of allylic oxidation sites excluding steroid dienone is 1. The molecule has 0 radical (unpaired) electrons. The molecule has 0 aliphatic carbocycles. The molecular weight excluding hydrogens is 951 g/mol. The van der Waals surface area contributed by atoms with E-state index in [4.69, 9.17) is 4.79 Å². The predicted octanol–water partition coefficient (Wildman–Crippen LogP) is 10.1. The highest BCUT2D eigenvalue weighted by atomic mass is 16.5. The summed E-state index contributed by atoms with van der Waals surface area (Å²) in [6.07, 6.45) is 14.0. The lowest BCUT2D eigenvalue weighted by molar-refractivity contribution is -0.137. The van der Waals surface area contributed by atoms with Crippen LogP contribution in [0.15, 0.2) is 72.8 Å². The maximum absolute atomic E-state index is 12.1. The van der Waals surface area contributed by atoms with Gasteiger partial charge in [0.1, 0.15) is 29.8 Å². The van der Waals surface area contributed by atoms with E-state index in [1.165, 1.54) is 44.0 Å². The molecule has 0 aromatic heterocycles. The number of carbonyl (C=O) groups excluding carboxylic acids is 5. The number of carbonyl (C=O) groups is 5. The number of aromatic hydroxyl groups is 2. The van der Waals surface area contributed by atoms with Gasteiger partial charge in [-0.1, -0.05) is 105 Å². The number of hydrogen-bond acceptors (Lipinski definition) is 14. The summed E-state index contributed by atoms with van der Waals surface area (Å²) in [4.78, 5) is 56.8. The first kappa shape index (κ1) is 71.1. The zero-order chi connectivity index (χ0) is 57.5. The van der Waals surface area contributed by atoms with Gasteiger partial charge in [-0.05, 0) is 131 Å². The molecule has 424 valence electrons. The molecule has 2 amide bonds. The Morgan fingerprint density at radius 3 is 1.52 bits per heavy atom. The molecule has 3 aliphatic heterocycles. The number of amides is 2. The first-order chi connectivity index (χ1) is 35.8. The van der Waals surface area contributed by atoms with E-state index in [9.17, 15) is 29.4 Å². The third kappa shape index (κ3) is 25.4. The van der Waals surface area contributed by atoms with Gasteiger partial charge in [0.15, 0.2) is 0 Å². The third-order valence-electron chi connectivity index (χ3n) is 12.1. The minimum Gasteiger partial charge on any atom is -0.506 e. The quantitative estimate of drug-likeness (QED) is 0.0506. The SMILES string of the molecule is CC.CC=CC1CCCN1C.CCC.CNC(C(=O)N1CCC[C@H]1C=O)C(C)C.CNc1ccc(C2CC[C@@H](c3ccc(NC)cc3)N2c2c(O)cc(C(C)(C)C)cc2O)cc1.COC.COC=O.O=CCNC=O. The van der Waals surface area contributed by atoms with Crippen LogP contribution in [-0.2, 0) is 38.9 Å². The molecule has 6 rings (SSSR count). The topological polar surface area (TPSA) is 202 Å². The standard InChI is InChI=1S/C28H35N3O2.C11H20N2O2.C8H15N.C3H5NO2.C3H8.C2H4O2.C2H6O.C2H6/c1-28(2,3)20-16-25(32)27(26(33)17-20)31-23(18-6-10-21(29-4)11-7-18)14-15-24(31)19-8-12-22(30-5)13-9-19;1-8(2)10(12-3)11(15)13-6-4-5-9(13)7-14;1-3-5-8-6-4-7-9(8)2;5-2-1-4-3-6;1-3-2;1-4-2-3;1-3-2;1-2/h6-13,16-17,23-24,29-30,32-33H,14-15H2,1-5H3;7-10,12H,4-6H2,1-3H3;3,5,8H,4,6-7H2,1-2H3;2-3H,1H2,(H,4,6);3H2,1-2H3;2H,1H3;1-2H3;1-2H3/t23-,24?;9-,10?;;;;;;/m00....../s1. The van der Waals surface area contributed by atoms with Gasteiger partial charge in [0.25, 0.3) is 6.47 Å². The molecule has 75 heavy (non-hydrogen) atoms. The molecule has 16 nitrogen and oxygen atoms in total. The Labute approximate surface area is 452 Å². The number of methoxy groups -OCH3 is 2. The van der Waals surface area contributed by atoms with Crippen LogP contribution in [0, 0.1) is 5.92 Å². The molecule has 0 spiro atoms. The number of ether oxygens (including phenoxy) is 2. The third-order valence-corrected chi connectivity index (χ3v) is 12.1. The van der Waals surface area contributed by atoms with Crippen LogP contribution in [0.2, 0.25) is 0 Å². The number of benzene rings is 3. The highest BCUT2D eigenvalue weighted by Crippen LogP contribution is 2.53. The van der Waals surface area contributed by atoms with E-state index < -0.39 is 0 Å². The summed E-state index contributed by atoms with van der Waals surface area (Å²) in [5, 5.41) is 33.8. The van der Waals surface area contributed by atoms with Crippen LogP contribution in [0.3, 0.4) is 0 Å². The zero-order valence-electron chi connectivity index (χ0n) is 48.9. The first-order valence-corrected chi connectivity index (χ1v) is 26.5. The average molecular weight is 1050 g/mol. The van der Waals surface area contributed by atoms with Crippen LogP contribution in [0.1, 0.15) is 143 Å². The van der Waals surface area contributed by atoms with Gasteiger partial charge in [0.2, 0.25) is 12.3 Å². The van der Waals surface area contributed by atoms with Crippen LogP contribution in [0.25, 0.3) is 0 Å². The number of nitrogens with zero attached hydrogens (tertiary/aromatic N) is 3. The minimum absolute atomic E-state index is 0.0437. The summed E-state index contributed by atoms with van der Waals surface area (Å²) in [5.74, 6) is 0.545. The molecule has 3 aliphatic rings. The van der Waals surface area contributed by atoms with Crippen LogP contribution >= 0.6 is 0 Å². The van der Waals surface area contributed by atoms with E-state index in [1.807, 2.05) is 41.8 Å². The van der Waals surface area contributed by atoms with Crippen molar-refractivity contribution in [3.63, 3.8) is 0 Å². The van der Waals surface area contributed by atoms with Crippen molar-refractivity contribution in [1.29, 1.82) is 0 Å². The smallest absolute Gasteiger partial charge is 0.292 e. The summed E-state index contributed by atoms with van der Waals surface area (Å²) >= 11 is 0. The number of aldehydes is 2. The fourth-order valence-electron chi connectivity index (χ4n) is 8.45. The summed E-state index contributed by atoms with van der Waals surface area (Å²) in [6, 6.07) is 20.9. The Hall–Kier alpha value is -5.97. The number of hydrogen-bond donors (Lipinski definition) is 6. The van der Waals surface area contributed by atoms with E-state index in [-0.39, 0.29) is 59.5 Å². The fourth-order valence-corrected chi connectivity index (χ4v) is 8.45. The number of rotatable bonds is 14. The molecule has 3 saturated heterocycles. The van der Waals surface area contributed by atoms with Crippen molar-refractivity contribution in [2.75, 3.05) is 84.7 Å². The lowest BCUT2D eigenvalue weighted by atomic mass is 9.86. The maximum Gasteiger partial charge on any atom is 0.292 e. The largest absolute Gasteiger partial charge is 0.506 e. The summed E-state index contributed by atoms with van der Waals surface area (Å²) < 4.78 is 8.11. The lowest BCUT2D eigenvalue weighted by Crippen LogP contribution is -2.50. The summed E-state index contributed by atoms with van der Waals surface area (Å²) in [6.45, 7) is 23.1. The predicted molar refractivity (Wildman–Crippen MR) is 310 cm³/mol. The Kier molecular flexibility index (Phi) is 39.2. The number of likely N-dealkylation sites (N-methyl/N-ethyl adjacent to an activating group) is 2. The van der Waals surface area contributed by atoms with Crippen molar-refractivity contribution in [3.8, 4) is 11.5 Å². The Bertz CT molecular complexity index is 1920. The minimum atomic E-state index is -0.202. The summed E-state index contributed by atoms with van der Waals surface area (Å²) in [5.41, 5.74) is 5.69. The van der Waals surface area contributed by atoms with Crippen molar-refractivity contribution in [2.45, 2.75) is 150 Å². The lowest BCUT2D eigenvalue weighted by Gasteiger charge is -2.35. The van der Waals surface area contributed by atoms with Crippen LogP contribution < -0.4 is 26.2 Å². The molecular formula is C59H99N7O9. The fraction of sp³-hybridized carbons (Fsp3) is 0.576. The number of phenols is 2. The van der Waals surface area contributed by atoms with Gasteiger partial charge in [-0.25, -0.2) is 0 Å². The highest BCUT2D eigenvalue weighted by Gasteiger charge is 2.39. The van der Waals surface area contributed by atoms with Crippen molar-refractivity contribution in [1.82, 2.24) is 20.4 Å². The van der Waals surface area contributed by atoms with E-state index in [0.29, 0.717) is 31.4 Å². The van der Waals surface area contributed by atoms with E-state index in [2.05, 4.69) is 150 Å². The molecule has 16 heteroatoms. The van der Waals surface area contributed by atoms with Crippen molar-refractivity contribution < 1.29 is 43.7 Å². The van der Waals surface area contributed by atoms with Gasteiger partial charge in [-0.3, -0.25) is 19.3 Å². The second-order valence-electron chi connectivity index (χ2n) is 19.1. The molecule has 6 N–H and O–H groups in total. The van der Waals surface area contributed by atoms with Crippen molar-refractivity contribution >= 4 is 48.4 Å². The maximum atomic E-state index is 12.1. The van der Waals surface area contributed by atoms with E-state index >= 15 is 0 Å². The number of nitrogens with one attached hydrogen (secondary N) is 4. The van der Waals surface area contributed by atoms with Crippen molar-refractivity contribution in [3.05, 3.63) is 89.5 Å². The van der Waals surface area contributed by atoms with Gasteiger partial charge in [-0.2, -0.15) is 0 Å². The molecule has 3 fully saturated rings. The molecule has 5 atom stereocenters. The molecule has 0 saturated carbocycles. The molecule has 3 aromatic carbocycles. The first-order valence-electron chi connectivity index (χ1n) is 26.5. The van der Waals surface area contributed by atoms with Gasteiger partial charge in [0.05, 0.1) is 37.8 Å². The molecule has 3 unspecified atom stereocenters. The second-order valence-corrected chi connectivity index (χ2v) is 19.1. The van der Waals surface area contributed by atoms with Gasteiger partial charge >= 0.3 is 0 Å². The number of likely N-dealkylation sites (tertiary alicyclic amines) is 2. The van der Waals surface area contributed by atoms with Crippen LogP contribution in [0.4, 0.5) is 17.1 Å². The van der Waals surface area contributed by atoms with Crippen LogP contribution in [-0.4, -0.2) is 139 Å². The second kappa shape index (κ2) is 41.3. The van der Waals surface area contributed by atoms with Gasteiger partial charge in [-0.15, -0.1) is 0 Å². The number of phenolic OH excluding ortho intramolecular Hbond substituents is 2.